The molecule has 4 heterocycles. The van der Waals surface area contributed by atoms with Crippen molar-refractivity contribution in [3.8, 4) is 0 Å². The molecular formula is C24H30Cl2N6. The number of aromatic nitrogens is 4. The van der Waals surface area contributed by atoms with Crippen LogP contribution in [-0.4, -0.2) is 56.9 Å². The second kappa shape index (κ2) is 8.81. The zero-order chi connectivity index (χ0) is 22.4. The maximum absolute atomic E-state index is 6.49. The number of hydrogen-bond acceptors (Lipinski definition) is 5. The number of halogens is 2. The van der Waals surface area contributed by atoms with Crippen LogP contribution in [0.2, 0.25) is 10.0 Å². The van der Waals surface area contributed by atoms with Gasteiger partial charge in [0.25, 0.3) is 0 Å². The van der Waals surface area contributed by atoms with Crippen LogP contribution in [0, 0.1) is 12.8 Å². The Balaban J connectivity index is 1.44. The fourth-order valence-electron chi connectivity index (χ4n) is 5.39. The van der Waals surface area contributed by atoms with Crippen molar-refractivity contribution in [2.24, 2.45) is 5.92 Å². The minimum atomic E-state index is -0.0830. The molecule has 2 aromatic heterocycles. The molecule has 0 radical (unpaired) electrons. The summed E-state index contributed by atoms with van der Waals surface area (Å²) in [5.74, 6) is 1.54. The summed E-state index contributed by atoms with van der Waals surface area (Å²) in [6.45, 7) is 11.0. The van der Waals surface area contributed by atoms with Crippen molar-refractivity contribution in [1.82, 2.24) is 24.6 Å². The third-order valence-corrected chi connectivity index (χ3v) is 7.69. The molecule has 32 heavy (non-hydrogen) atoms. The number of anilines is 1. The van der Waals surface area contributed by atoms with Crippen LogP contribution in [0.25, 0.3) is 11.2 Å². The highest BCUT2D eigenvalue weighted by Gasteiger charge is 2.32. The summed E-state index contributed by atoms with van der Waals surface area (Å²) in [6.07, 6.45) is 5.77. The quantitative estimate of drug-likeness (QED) is 0.511. The average molecular weight is 473 g/mol. The van der Waals surface area contributed by atoms with Gasteiger partial charge in [0.2, 0.25) is 0 Å². The Kier molecular flexibility index (Phi) is 6.03. The summed E-state index contributed by atoms with van der Waals surface area (Å²) >= 11 is 12.6. The smallest absolute Gasteiger partial charge is 0.179 e. The number of aryl methyl sites for hydroxylation is 1. The van der Waals surface area contributed by atoms with E-state index >= 15 is 0 Å². The molecule has 6 nitrogen and oxygen atoms in total. The van der Waals surface area contributed by atoms with Gasteiger partial charge >= 0.3 is 0 Å². The number of rotatable bonds is 4. The molecule has 0 N–H and O–H groups in total. The molecule has 1 unspecified atom stereocenters. The van der Waals surface area contributed by atoms with Crippen molar-refractivity contribution in [3.63, 3.8) is 0 Å². The van der Waals surface area contributed by atoms with Gasteiger partial charge in [-0.2, -0.15) is 5.10 Å². The first-order valence-corrected chi connectivity index (χ1v) is 12.3. The lowest BCUT2D eigenvalue weighted by molar-refractivity contribution is 0.158. The van der Waals surface area contributed by atoms with E-state index in [2.05, 4.69) is 23.6 Å². The summed E-state index contributed by atoms with van der Waals surface area (Å²) < 4.78 is 1.94. The van der Waals surface area contributed by atoms with Crippen LogP contribution in [0.15, 0.2) is 24.4 Å². The summed E-state index contributed by atoms with van der Waals surface area (Å²) in [5.41, 5.74) is 3.48. The van der Waals surface area contributed by atoms with E-state index in [1.165, 1.54) is 32.4 Å². The van der Waals surface area contributed by atoms with Gasteiger partial charge in [-0.25, -0.2) is 14.6 Å². The Labute approximate surface area is 199 Å². The second-order valence-corrected chi connectivity index (χ2v) is 10.1. The van der Waals surface area contributed by atoms with Gasteiger partial charge in [0, 0.05) is 29.2 Å². The van der Waals surface area contributed by atoms with Crippen LogP contribution in [0.3, 0.4) is 0 Å². The van der Waals surface area contributed by atoms with Crippen molar-refractivity contribution < 1.29 is 0 Å². The van der Waals surface area contributed by atoms with Gasteiger partial charge in [-0.15, -0.1) is 0 Å². The van der Waals surface area contributed by atoms with Crippen LogP contribution >= 0.6 is 23.2 Å². The molecule has 0 aliphatic carbocycles. The summed E-state index contributed by atoms with van der Waals surface area (Å²) in [6, 6.07) is 6.20. The number of hydrogen-bond donors (Lipinski definition) is 0. The van der Waals surface area contributed by atoms with Crippen LogP contribution in [0.5, 0.6) is 0 Å². The van der Waals surface area contributed by atoms with E-state index in [1.54, 1.807) is 6.07 Å². The molecule has 5 rings (SSSR count). The van der Waals surface area contributed by atoms with E-state index in [4.69, 9.17) is 38.3 Å². The Morgan fingerprint density at radius 3 is 2.62 bits per heavy atom. The normalized spacial score (nSPS) is 23.2. The van der Waals surface area contributed by atoms with Gasteiger partial charge in [0.05, 0.1) is 17.9 Å². The summed E-state index contributed by atoms with van der Waals surface area (Å²) in [4.78, 5) is 14.9. The summed E-state index contributed by atoms with van der Waals surface area (Å²) in [7, 11) is 0. The number of likely N-dealkylation sites (tertiary alicyclic amines) is 1. The van der Waals surface area contributed by atoms with E-state index in [9.17, 15) is 0 Å². The molecule has 0 amide bonds. The average Bonchev–Trinajstić information content (AvgIpc) is 3.41. The fourth-order valence-corrected chi connectivity index (χ4v) is 5.96. The Morgan fingerprint density at radius 2 is 1.91 bits per heavy atom. The molecule has 8 heteroatoms. The highest BCUT2D eigenvalue weighted by Crippen LogP contribution is 2.32. The molecule has 2 fully saturated rings. The third kappa shape index (κ3) is 3.97. The highest BCUT2D eigenvalue weighted by atomic mass is 35.5. The number of fused-ring (bicyclic) bond motifs is 1. The second-order valence-electron chi connectivity index (χ2n) is 9.29. The van der Waals surface area contributed by atoms with E-state index in [0.717, 1.165) is 41.3 Å². The van der Waals surface area contributed by atoms with Gasteiger partial charge in [-0.05, 0) is 69.8 Å². The van der Waals surface area contributed by atoms with Gasteiger partial charge < -0.3 is 4.90 Å². The predicted octanol–water partition coefficient (Wildman–Crippen LogP) is 5.36. The van der Waals surface area contributed by atoms with Crippen LogP contribution < -0.4 is 4.90 Å². The van der Waals surface area contributed by atoms with Crippen LogP contribution in [-0.2, 0) is 0 Å². The van der Waals surface area contributed by atoms with E-state index < -0.39 is 0 Å². The maximum Gasteiger partial charge on any atom is 0.179 e. The maximum atomic E-state index is 6.49. The molecule has 2 saturated heterocycles. The number of benzene rings is 1. The standard InChI is InChI=1S/C24H30Cl2N6/c1-15-14-31(11-8-21(15)30-9-4-5-10-30)22-13-27-23-16(2)29-32(24(23)28-22)17(3)19-7-6-18(25)12-20(19)26/h6-7,12-13,15,17,21H,4-5,8-11,14H2,1-3H3/t15-,17?,21+/m1/s1. The minimum Gasteiger partial charge on any atom is -0.355 e. The molecule has 0 spiro atoms. The van der Waals surface area contributed by atoms with Crippen molar-refractivity contribution in [2.75, 3.05) is 31.1 Å². The lowest BCUT2D eigenvalue weighted by Gasteiger charge is -2.41. The first-order valence-electron chi connectivity index (χ1n) is 11.6. The fraction of sp³-hybridized carbons (Fsp3) is 0.542. The predicted molar refractivity (Wildman–Crippen MR) is 131 cm³/mol. The molecule has 2 aliphatic rings. The van der Waals surface area contributed by atoms with Gasteiger partial charge in [-0.1, -0.05) is 36.2 Å². The molecule has 2 aliphatic heterocycles. The first kappa shape index (κ1) is 21.9. The van der Waals surface area contributed by atoms with E-state index in [-0.39, 0.29) is 6.04 Å². The highest BCUT2D eigenvalue weighted by molar-refractivity contribution is 6.35. The largest absolute Gasteiger partial charge is 0.355 e. The lowest BCUT2D eigenvalue weighted by Crippen LogP contribution is -2.49. The SMILES string of the molecule is Cc1nn(C(C)c2ccc(Cl)cc2Cl)c2nc(N3CC[C@H](N4CCCC4)[C@H](C)C3)cnc12. The monoisotopic (exact) mass is 472 g/mol. The Hall–Kier alpha value is -1.89. The zero-order valence-corrected chi connectivity index (χ0v) is 20.4. The van der Waals surface area contributed by atoms with Crippen LogP contribution in [0.4, 0.5) is 5.82 Å². The van der Waals surface area contributed by atoms with Crippen LogP contribution in [0.1, 0.15) is 50.4 Å². The molecular weight excluding hydrogens is 443 g/mol. The third-order valence-electron chi connectivity index (χ3n) is 7.13. The molecule has 3 atom stereocenters. The van der Waals surface area contributed by atoms with Gasteiger partial charge in [0.1, 0.15) is 11.3 Å². The number of nitrogens with zero attached hydrogens (tertiary/aromatic N) is 6. The first-order chi connectivity index (χ1) is 15.4. The van der Waals surface area contributed by atoms with Gasteiger partial charge in [-0.3, -0.25) is 4.90 Å². The minimum absolute atomic E-state index is 0.0830. The zero-order valence-electron chi connectivity index (χ0n) is 18.9. The molecule has 0 saturated carbocycles. The van der Waals surface area contributed by atoms with Crippen molar-refractivity contribution >= 4 is 40.2 Å². The Bertz CT molecular complexity index is 1120. The lowest BCUT2D eigenvalue weighted by atomic mass is 9.92. The van der Waals surface area contributed by atoms with E-state index in [1.807, 2.05) is 29.9 Å². The topological polar surface area (TPSA) is 50.1 Å². The van der Waals surface area contributed by atoms with Crippen molar-refractivity contribution in [1.29, 1.82) is 0 Å². The molecule has 170 valence electrons. The van der Waals surface area contributed by atoms with Crippen molar-refractivity contribution in [3.05, 3.63) is 45.7 Å². The molecule has 0 bridgehead atoms. The van der Waals surface area contributed by atoms with E-state index in [0.29, 0.717) is 22.0 Å². The molecule has 3 aromatic rings. The number of piperidine rings is 1. The van der Waals surface area contributed by atoms with Gasteiger partial charge in [0.15, 0.2) is 5.65 Å². The van der Waals surface area contributed by atoms with Crippen molar-refractivity contribution in [2.45, 2.75) is 52.1 Å². The Morgan fingerprint density at radius 1 is 1.12 bits per heavy atom. The summed E-state index contributed by atoms with van der Waals surface area (Å²) in [5, 5.41) is 6.03. The molecule has 1 aromatic carbocycles.